The fraction of sp³-hybridized carbons (Fsp3) is 0.516. The first-order valence-corrected chi connectivity index (χ1v) is 13.9. The quantitative estimate of drug-likeness (QED) is 0.637. The van der Waals surface area contributed by atoms with Crippen LogP contribution in [-0.4, -0.2) is 60.8 Å². The molecule has 0 unspecified atom stereocenters. The molecule has 2 amide bonds. The van der Waals surface area contributed by atoms with E-state index in [2.05, 4.69) is 10.6 Å². The number of hydrogen-bond acceptors (Lipinski definition) is 5. The number of carbonyl (C=O) groups is 3. The number of carbonyl (C=O) groups excluding carboxylic acids is 3. The first-order chi connectivity index (χ1) is 18.3. The number of aryl methyl sites for hydroxylation is 1. The summed E-state index contributed by atoms with van der Waals surface area (Å²) < 4.78 is 6.24. The molecule has 3 rings (SSSR count). The Bertz CT molecular complexity index is 1060. The lowest BCUT2D eigenvalue weighted by Crippen LogP contribution is -2.51. The average molecular weight is 522 g/mol. The number of ketones is 1. The minimum absolute atomic E-state index is 0.0824. The molecule has 0 bridgehead atoms. The topological polar surface area (TPSA) is 87.7 Å². The molecule has 0 radical (unpaired) electrons. The molecular weight excluding hydrogens is 478 g/mol. The van der Waals surface area contributed by atoms with Crippen molar-refractivity contribution in [2.75, 3.05) is 20.1 Å². The lowest BCUT2D eigenvalue weighted by molar-refractivity contribution is -0.140. The van der Waals surface area contributed by atoms with Gasteiger partial charge in [0.05, 0.1) is 12.1 Å². The van der Waals surface area contributed by atoms with Crippen molar-refractivity contribution in [3.05, 3.63) is 65.7 Å². The van der Waals surface area contributed by atoms with Crippen LogP contribution in [0.5, 0.6) is 5.75 Å². The van der Waals surface area contributed by atoms with Crippen LogP contribution in [0, 0.1) is 5.92 Å². The van der Waals surface area contributed by atoms with Gasteiger partial charge in [0.25, 0.3) is 0 Å². The Balaban J connectivity index is 1.85. The summed E-state index contributed by atoms with van der Waals surface area (Å²) in [5, 5.41) is 6.43. The number of nitrogens with one attached hydrogen (secondary N) is 2. The molecule has 7 nitrogen and oxygen atoms in total. The van der Waals surface area contributed by atoms with Crippen molar-refractivity contribution in [3.8, 4) is 5.75 Å². The van der Waals surface area contributed by atoms with Crippen LogP contribution in [0.4, 0.5) is 0 Å². The molecule has 2 aromatic carbocycles. The molecule has 0 spiro atoms. The monoisotopic (exact) mass is 521 g/mol. The zero-order chi connectivity index (χ0) is 27.5. The van der Waals surface area contributed by atoms with Crippen LogP contribution >= 0.6 is 0 Å². The van der Waals surface area contributed by atoms with E-state index < -0.39 is 18.0 Å². The summed E-state index contributed by atoms with van der Waals surface area (Å²) in [6.45, 7) is 6.80. The van der Waals surface area contributed by atoms with E-state index in [0.717, 1.165) is 36.1 Å². The second-order valence-corrected chi connectivity index (χ2v) is 10.4. The third-order valence-electron chi connectivity index (χ3n) is 7.29. The molecule has 1 heterocycles. The van der Waals surface area contributed by atoms with Gasteiger partial charge in [-0.15, -0.1) is 0 Å². The first kappa shape index (κ1) is 29.4. The Morgan fingerprint density at radius 3 is 2.45 bits per heavy atom. The summed E-state index contributed by atoms with van der Waals surface area (Å²) in [4.78, 5) is 41.5. The molecule has 0 fully saturated rings. The number of likely N-dealkylation sites (N-methyl/N-ethyl adjacent to an activating group) is 1. The van der Waals surface area contributed by atoms with Crippen LogP contribution in [0.2, 0.25) is 0 Å². The van der Waals surface area contributed by atoms with Gasteiger partial charge in [-0.05, 0) is 56.7 Å². The number of Topliss-reactive ketones (excluding diaryl/α,β-unsaturated/α-hetero) is 1. The normalized spacial score (nSPS) is 24.5. The molecular formula is C31H43N3O4. The number of rotatable bonds is 4. The standard InChI is InChI=1S/C31H43N3O4/c1-5-12-27-31(37)34(4)23(3)28(35)20-26(19-24-13-7-6-8-14-24)30(36)32-18-11-16-25-15-9-10-17-29(25)38-22(2)21-33-27/h6-10,13-15,17,22-23,26-27,33H,5,11-12,16,18-21H2,1-4H3,(H,32,36)/t22-,23-,26+,27+/m1/s1. The number of fused-ring (bicyclic) bond motifs is 1. The zero-order valence-corrected chi connectivity index (χ0v) is 23.2. The van der Waals surface area contributed by atoms with E-state index >= 15 is 0 Å². The number of amides is 2. The maximum atomic E-state index is 13.4. The third kappa shape index (κ3) is 8.42. The van der Waals surface area contributed by atoms with E-state index in [1.807, 2.05) is 68.4 Å². The van der Waals surface area contributed by atoms with Gasteiger partial charge >= 0.3 is 0 Å². The largest absolute Gasteiger partial charge is 0.489 e. The zero-order valence-electron chi connectivity index (χ0n) is 23.2. The van der Waals surface area contributed by atoms with E-state index in [1.165, 1.54) is 4.90 Å². The SMILES string of the molecule is CCC[C@@H]1NC[C@@H](C)Oc2ccccc2CCCNC(=O)[C@@H](Cc2ccccc2)CC(=O)[C@@H](C)N(C)C1=O. The smallest absolute Gasteiger partial charge is 0.240 e. The van der Waals surface area contributed by atoms with Crippen molar-refractivity contribution in [2.24, 2.45) is 5.92 Å². The number of nitrogens with zero attached hydrogens (tertiary/aromatic N) is 1. The molecule has 1 aliphatic heterocycles. The summed E-state index contributed by atoms with van der Waals surface area (Å²) in [6.07, 6.45) is 3.42. The molecule has 0 aliphatic carbocycles. The van der Waals surface area contributed by atoms with Gasteiger partial charge < -0.3 is 20.3 Å². The number of hydrogen-bond donors (Lipinski definition) is 2. The van der Waals surface area contributed by atoms with Crippen LogP contribution in [0.3, 0.4) is 0 Å². The van der Waals surface area contributed by atoms with Gasteiger partial charge in [-0.25, -0.2) is 0 Å². The molecule has 0 saturated carbocycles. The summed E-state index contributed by atoms with van der Waals surface area (Å²) in [6, 6.07) is 16.7. The molecule has 0 aromatic heterocycles. The molecule has 7 heteroatoms. The van der Waals surface area contributed by atoms with E-state index in [-0.39, 0.29) is 30.1 Å². The lowest BCUT2D eigenvalue weighted by atomic mass is 9.91. The van der Waals surface area contributed by atoms with Crippen LogP contribution in [0.1, 0.15) is 57.6 Å². The molecule has 38 heavy (non-hydrogen) atoms. The molecule has 2 N–H and O–H groups in total. The van der Waals surface area contributed by atoms with E-state index in [9.17, 15) is 14.4 Å². The van der Waals surface area contributed by atoms with E-state index in [1.54, 1.807) is 14.0 Å². The summed E-state index contributed by atoms with van der Waals surface area (Å²) in [5.74, 6) is -0.0424. The minimum atomic E-state index is -0.630. The summed E-state index contributed by atoms with van der Waals surface area (Å²) in [7, 11) is 1.68. The van der Waals surface area contributed by atoms with Crippen LogP contribution in [-0.2, 0) is 27.2 Å². The van der Waals surface area contributed by atoms with E-state index in [4.69, 9.17) is 4.74 Å². The summed E-state index contributed by atoms with van der Waals surface area (Å²) in [5.41, 5.74) is 2.09. The van der Waals surface area contributed by atoms with Gasteiger partial charge in [0, 0.05) is 32.5 Å². The van der Waals surface area contributed by atoms with Gasteiger partial charge in [0.1, 0.15) is 11.9 Å². The van der Waals surface area contributed by atoms with Crippen LogP contribution in [0.15, 0.2) is 54.6 Å². The highest BCUT2D eigenvalue weighted by atomic mass is 16.5. The van der Waals surface area contributed by atoms with Gasteiger partial charge in [0.2, 0.25) is 11.8 Å². The maximum absolute atomic E-state index is 13.4. The number of ether oxygens (including phenoxy) is 1. The van der Waals surface area contributed by atoms with Crippen LogP contribution < -0.4 is 15.4 Å². The highest BCUT2D eigenvalue weighted by molar-refractivity contribution is 5.93. The van der Waals surface area contributed by atoms with Crippen molar-refractivity contribution < 1.29 is 19.1 Å². The Morgan fingerprint density at radius 1 is 1.00 bits per heavy atom. The maximum Gasteiger partial charge on any atom is 0.240 e. The molecule has 206 valence electrons. The van der Waals surface area contributed by atoms with Crippen molar-refractivity contribution in [1.82, 2.24) is 15.5 Å². The van der Waals surface area contributed by atoms with Crippen molar-refractivity contribution in [2.45, 2.75) is 77.5 Å². The Morgan fingerprint density at radius 2 is 1.71 bits per heavy atom. The summed E-state index contributed by atoms with van der Waals surface area (Å²) >= 11 is 0. The minimum Gasteiger partial charge on any atom is -0.489 e. The second kappa shape index (κ2) is 14.7. The molecule has 0 saturated heterocycles. The lowest BCUT2D eigenvalue weighted by Gasteiger charge is -2.30. The predicted octanol–water partition coefficient (Wildman–Crippen LogP) is 3.94. The average Bonchev–Trinajstić information content (AvgIpc) is 2.92. The Hall–Kier alpha value is -3.19. The predicted molar refractivity (Wildman–Crippen MR) is 150 cm³/mol. The number of para-hydroxylation sites is 1. The van der Waals surface area contributed by atoms with Crippen molar-refractivity contribution >= 4 is 17.6 Å². The first-order valence-electron chi connectivity index (χ1n) is 13.9. The van der Waals surface area contributed by atoms with Gasteiger partial charge in [-0.1, -0.05) is 61.9 Å². The second-order valence-electron chi connectivity index (χ2n) is 10.4. The molecule has 2 aromatic rings. The molecule has 1 aliphatic rings. The van der Waals surface area contributed by atoms with Crippen molar-refractivity contribution in [1.29, 1.82) is 0 Å². The Kier molecular flexibility index (Phi) is 11.3. The van der Waals surface area contributed by atoms with Gasteiger partial charge in [0.15, 0.2) is 5.78 Å². The van der Waals surface area contributed by atoms with Gasteiger partial charge in [-0.2, -0.15) is 0 Å². The highest BCUT2D eigenvalue weighted by Gasteiger charge is 2.31. The highest BCUT2D eigenvalue weighted by Crippen LogP contribution is 2.22. The fourth-order valence-corrected chi connectivity index (χ4v) is 4.85. The number of benzene rings is 2. The third-order valence-corrected chi connectivity index (χ3v) is 7.29. The van der Waals surface area contributed by atoms with Crippen LogP contribution in [0.25, 0.3) is 0 Å². The Labute approximate surface area is 227 Å². The molecule has 4 atom stereocenters. The van der Waals surface area contributed by atoms with Gasteiger partial charge in [-0.3, -0.25) is 14.4 Å². The van der Waals surface area contributed by atoms with Crippen molar-refractivity contribution in [3.63, 3.8) is 0 Å². The van der Waals surface area contributed by atoms with E-state index in [0.29, 0.717) is 25.9 Å². The fourth-order valence-electron chi connectivity index (χ4n) is 4.85.